The third-order valence-electron chi connectivity index (χ3n) is 3.60. The molecule has 1 heterocycles. The van der Waals surface area contributed by atoms with E-state index in [-0.39, 0.29) is 12.2 Å². The summed E-state index contributed by atoms with van der Waals surface area (Å²) in [4.78, 5) is 10.9. The van der Waals surface area contributed by atoms with E-state index in [0.29, 0.717) is 30.3 Å². The van der Waals surface area contributed by atoms with Gasteiger partial charge in [0.2, 0.25) is 5.75 Å². The molecule has 5 heteroatoms. The summed E-state index contributed by atoms with van der Waals surface area (Å²) < 4.78 is 10.8. The van der Waals surface area contributed by atoms with Crippen molar-refractivity contribution in [2.24, 2.45) is 0 Å². The summed E-state index contributed by atoms with van der Waals surface area (Å²) >= 11 is 0. The van der Waals surface area contributed by atoms with Crippen LogP contribution in [-0.4, -0.2) is 29.4 Å². The van der Waals surface area contributed by atoms with Gasteiger partial charge in [0.25, 0.3) is 0 Å². The first-order valence-electron chi connectivity index (χ1n) is 5.96. The van der Waals surface area contributed by atoms with E-state index in [4.69, 9.17) is 14.6 Å². The minimum Gasteiger partial charge on any atom is -0.504 e. The van der Waals surface area contributed by atoms with Gasteiger partial charge in [-0.1, -0.05) is 6.07 Å². The summed E-state index contributed by atoms with van der Waals surface area (Å²) in [7, 11) is 0. The van der Waals surface area contributed by atoms with E-state index < -0.39 is 11.4 Å². The topological polar surface area (TPSA) is 76.0 Å². The van der Waals surface area contributed by atoms with Gasteiger partial charge in [-0.15, -0.1) is 0 Å². The smallest absolute Gasteiger partial charge is 0.304 e. The van der Waals surface area contributed by atoms with Gasteiger partial charge in [0.1, 0.15) is 13.2 Å². The molecule has 0 spiro atoms. The van der Waals surface area contributed by atoms with Gasteiger partial charge >= 0.3 is 5.97 Å². The number of phenols is 1. The molecule has 0 bridgehead atoms. The van der Waals surface area contributed by atoms with E-state index in [1.807, 2.05) is 0 Å². The molecule has 1 fully saturated rings. The third-order valence-corrected chi connectivity index (χ3v) is 3.60. The van der Waals surface area contributed by atoms with Gasteiger partial charge in [-0.3, -0.25) is 4.79 Å². The molecular formula is C13H14O5. The molecule has 0 aromatic heterocycles. The van der Waals surface area contributed by atoms with Gasteiger partial charge in [-0.25, -0.2) is 0 Å². The van der Waals surface area contributed by atoms with Crippen molar-refractivity contribution >= 4 is 5.97 Å². The van der Waals surface area contributed by atoms with Crippen LogP contribution in [0.1, 0.15) is 24.8 Å². The fourth-order valence-electron chi connectivity index (χ4n) is 2.51. The van der Waals surface area contributed by atoms with Crippen LogP contribution < -0.4 is 9.47 Å². The number of phenolic OH excluding ortho intramolecular Hbond substituents is 1. The van der Waals surface area contributed by atoms with Crippen LogP contribution in [0.4, 0.5) is 0 Å². The van der Waals surface area contributed by atoms with E-state index in [2.05, 4.69) is 0 Å². The molecule has 2 aliphatic rings. The van der Waals surface area contributed by atoms with Crippen LogP contribution in [0, 0.1) is 0 Å². The zero-order valence-corrected chi connectivity index (χ0v) is 9.81. The van der Waals surface area contributed by atoms with Gasteiger partial charge in [-0.2, -0.15) is 0 Å². The Labute approximate surface area is 104 Å². The Bertz CT molecular complexity index is 504. The van der Waals surface area contributed by atoms with Gasteiger partial charge in [0, 0.05) is 11.0 Å². The maximum Gasteiger partial charge on any atom is 0.304 e. The average molecular weight is 250 g/mol. The number of hydrogen-bond donors (Lipinski definition) is 2. The standard InChI is InChI=1S/C13H14O5/c14-10(15)7-13(3-4-13)8-1-2-9-12(11(8)16)18-6-5-17-9/h1-2,16H,3-7H2,(H,14,15). The quantitative estimate of drug-likeness (QED) is 0.853. The van der Waals surface area contributed by atoms with Gasteiger partial charge in [0.05, 0.1) is 6.42 Å². The molecule has 0 atom stereocenters. The van der Waals surface area contributed by atoms with Gasteiger partial charge in [-0.05, 0) is 18.9 Å². The van der Waals surface area contributed by atoms with E-state index in [0.717, 1.165) is 12.8 Å². The van der Waals surface area contributed by atoms with Gasteiger partial charge in [0.15, 0.2) is 11.5 Å². The summed E-state index contributed by atoms with van der Waals surface area (Å²) in [6, 6.07) is 3.49. The lowest BCUT2D eigenvalue weighted by atomic mass is 9.91. The molecule has 96 valence electrons. The lowest BCUT2D eigenvalue weighted by Gasteiger charge is -2.23. The number of hydrogen-bond acceptors (Lipinski definition) is 4. The second-order valence-corrected chi connectivity index (χ2v) is 4.84. The molecule has 1 aliphatic heterocycles. The highest BCUT2D eigenvalue weighted by Crippen LogP contribution is 2.56. The highest BCUT2D eigenvalue weighted by molar-refractivity contribution is 5.71. The van der Waals surface area contributed by atoms with Crippen LogP contribution in [0.25, 0.3) is 0 Å². The predicted octanol–water partition coefficient (Wildman–Crippen LogP) is 1.67. The molecule has 0 saturated heterocycles. The number of carbonyl (C=O) groups is 1. The van der Waals surface area contributed by atoms with Crippen molar-refractivity contribution in [2.75, 3.05) is 13.2 Å². The Hall–Kier alpha value is -1.91. The predicted molar refractivity (Wildman–Crippen MR) is 62.3 cm³/mol. The van der Waals surface area contributed by atoms with Crippen molar-refractivity contribution in [3.8, 4) is 17.2 Å². The number of fused-ring (bicyclic) bond motifs is 1. The third kappa shape index (κ3) is 1.66. The summed E-state index contributed by atoms with van der Waals surface area (Å²) in [6.07, 6.45) is 1.61. The SMILES string of the molecule is O=C(O)CC1(c2ccc3c(c2O)OCCO3)CC1. The first-order chi connectivity index (χ1) is 8.62. The van der Waals surface area contributed by atoms with E-state index in [1.165, 1.54) is 0 Å². The zero-order valence-electron chi connectivity index (χ0n) is 9.81. The van der Waals surface area contributed by atoms with Crippen LogP contribution in [0.3, 0.4) is 0 Å². The number of carboxylic acids is 1. The monoisotopic (exact) mass is 250 g/mol. The number of ether oxygens (including phenoxy) is 2. The fourth-order valence-corrected chi connectivity index (χ4v) is 2.51. The van der Waals surface area contributed by atoms with Crippen molar-refractivity contribution in [1.29, 1.82) is 0 Å². The Kier molecular flexibility index (Phi) is 2.36. The summed E-state index contributed by atoms with van der Waals surface area (Å²) in [5, 5.41) is 19.2. The van der Waals surface area contributed by atoms with Crippen LogP contribution in [0.2, 0.25) is 0 Å². The number of aromatic hydroxyl groups is 1. The largest absolute Gasteiger partial charge is 0.504 e. The van der Waals surface area contributed by atoms with Crippen molar-refractivity contribution in [3.63, 3.8) is 0 Å². The molecule has 3 rings (SSSR count). The van der Waals surface area contributed by atoms with E-state index in [9.17, 15) is 9.90 Å². The van der Waals surface area contributed by atoms with E-state index in [1.54, 1.807) is 12.1 Å². The summed E-state index contributed by atoms with van der Waals surface area (Å²) in [5.74, 6) is 0.0526. The lowest BCUT2D eigenvalue weighted by molar-refractivity contribution is -0.137. The molecule has 0 amide bonds. The van der Waals surface area contributed by atoms with Crippen molar-refractivity contribution in [2.45, 2.75) is 24.7 Å². The molecule has 5 nitrogen and oxygen atoms in total. The first kappa shape index (κ1) is 11.2. The summed E-state index contributed by atoms with van der Waals surface area (Å²) in [6.45, 7) is 0.863. The highest BCUT2D eigenvalue weighted by Gasteiger charge is 2.48. The minimum absolute atomic E-state index is 0.0333. The second kappa shape index (κ2) is 3.80. The Morgan fingerprint density at radius 3 is 2.67 bits per heavy atom. The highest BCUT2D eigenvalue weighted by atomic mass is 16.6. The number of carboxylic acid groups (broad SMARTS) is 1. The maximum absolute atomic E-state index is 10.9. The van der Waals surface area contributed by atoms with E-state index >= 15 is 0 Å². The van der Waals surface area contributed by atoms with Crippen molar-refractivity contribution in [3.05, 3.63) is 17.7 Å². The van der Waals surface area contributed by atoms with Crippen LogP contribution >= 0.6 is 0 Å². The molecule has 1 saturated carbocycles. The van der Waals surface area contributed by atoms with Crippen molar-refractivity contribution in [1.82, 2.24) is 0 Å². The minimum atomic E-state index is -0.846. The fraction of sp³-hybridized carbons (Fsp3) is 0.462. The molecular weight excluding hydrogens is 236 g/mol. The molecule has 1 aromatic carbocycles. The number of rotatable bonds is 3. The molecule has 0 unspecified atom stereocenters. The molecule has 18 heavy (non-hydrogen) atoms. The number of aliphatic carboxylic acids is 1. The van der Waals surface area contributed by atoms with Crippen molar-refractivity contribution < 1.29 is 24.5 Å². The molecule has 1 aliphatic carbocycles. The number of benzene rings is 1. The Morgan fingerprint density at radius 1 is 1.28 bits per heavy atom. The average Bonchev–Trinajstić information content (AvgIpc) is 3.09. The molecule has 2 N–H and O–H groups in total. The normalized spacial score (nSPS) is 19.3. The van der Waals surface area contributed by atoms with Crippen LogP contribution in [-0.2, 0) is 10.2 Å². The molecule has 1 aromatic rings. The Morgan fingerprint density at radius 2 is 2.00 bits per heavy atom. The van der Waals surface area contributed by atoms with Gasteiger partial charge < -0.3 is 19.7 Å². The summed E-state index contributed by atoms with van der Waals surface area (Å²) in [5.41, 5.74) is 0.236. The van der Waals surface area contributed by atoms with Crippen LogP contribution in [0.5, 0.6) is 17.2 Å². The first-order valence-corrected chi connectivity index (χ1v) is 5.96. The lowest BCUT2D eigenvalue weighted by Crippen LogP contribution is -2.18. The zero-order chi connectivity index (χ0) is 12.8. The van der Waals surface area contributed by atoms with Crippen LogP contribution in [0.15, 0.2) is 12.1 Å². The second-order valence-electron chi connectivity index (χ2n) is 4.84. The maximum atomic E-state index is 10.9. The Balaban J connectivity index is 2.01. The molecule has 0 radical (unpaired) electrons.